The predicted octanol–water partition coefficient (Wildman–Crippen LogP) is 0.632. The quantitative estimate of drug-likeness (QED) is 0.137. The number of hydrogen-bond donors (Lipinski definition) is 6. The summed E-state index contributed by atoms with van der Waals surface area (Å²) in [5, 5.41) is 20.9. The fourth-order valence-corrected chi connectivity index (χ4v) is 6.01. The Morgan fingerprint density at radius 2 is 1.94 bits per heavy atom. The molecule has 0 radical (unpaired) electrons. The third-order valence-electron chi connectivity index (χ3n) is 8.02. The summed E-state index contributed by atoms with van der Waals surface area (Å²) in [6.07, 6.45) is 9.83. The monoisotopic (exact) mass is 495 g/mol. The number of carbonyl (C=O) groups is 2. The minimum atomic E-state index is -0.471. The normalized spacial score (nSPS) is 35.2. The molecule has 2 saturated heterocycles. The van der Waals surface area contributed by atoms with Crippen LogP contribution in [0.15, 0.2) is 0 Å². The summed E-state index contributed by atoms with van der Waals surface area (Å²) in [6, 6.07) is -0.471. The zero-order valence-electron chi connectivity index (χ0n) is 20.4. The topological polar surface area (TPSA) is 159 Å². The molecule has 6 N–H and O–H groups in total. The lowest BCUT2D eigenvalue weighted by atomic mass is 9.76. The fraction of sp³-hybridized carbons (Fsp3) is 0.913. The molecule has 0 aromatic heterocycles. The Kier molecular flexibility index (Phi) is 9.67. The number of fused-ring (bicyclic) bond motifs is 1. The summed E-state index contributed by atoms with van der Waals surface area (Å²) in [5.41, 5.74) is 8.90. The summed E-state index contributed by atoms with van der Waals surface area (Å²) in [5.74, 6) is 0.754. The van der Waals surface area contributed by atoms with Gasteiger partial charge in [0, 0.05) is 42.6 Å². The van der Waals surface area contributed by atoms with E-state index in [0.717, 1.165) is 51.5 Å². The molecule has 0 aromatic carbocycles. The van der Waals surface area contributed by atoms with Gasteiger partial charge in [0.25, 0.3) is 0 Å². The molecule has 0 bridgehead atoms. The van der Waals surface area contributed by atoms with Gasteiger partial charge >= 0.3 is 0 Å². The Balaban J connectivity index is 1.03. The van der Waals surface area contributed by atoms with Gasteiger partial charge in [-0.3, -0.25) is 35.3 Å². The van der Waals surface area contributed by atoms with E-state index in [0.29, 0.717) is 38.1 Å². The van der Waals surface area contributed by atoms with Crippen LogP contribution in [0.1, 0.15) is 77.0 Å². The smallest absolute Gasteiger partial charge is 0.237 e. The molecule has 4 fully saturated rings. The van der Waals surface area contributed by atoms with Crippen LogP contribution in [-0.2, 0) is 14.4 Å². The van der Waals surface area contributed by atoms with Crippen molar-refractivity contribution in [3.8, 4) is 0 Å². The third kappa shape index (κ3) is 7.32. The van der Waals surface area contributed by atoms with Crippen LogP contribution >= 0.6 is 0 Å². The molecule has 7 unspecified atom stereocenters. The van der Waals surface area contributed by atoms with Gasteiger partial charge in [-0.1, -0.05) is 12.8 Å². The second kappa shape index (κ2) is 12.9. The van der Waals surface area contributed by atoms with Crippen LogP contribution in [0.25, 0.3) is 0 Å². The molecule has 4 aliphatic rings. The highest BCUT2D eigenvalue weighted by Crippen LogP contribution is 2.33. The largest absolute Gasteiger partial charge is 0.356 e. The van der Waals surface area contributed by atoms with Crippen molar-refractivity contribution >= 4 is 11.8 Å². The van der Waals surface area contributed by atoms with Gasteiger partial charge in [0.1, 0.15) is 6.23 Å². The van der Waals surface area contributed by atoms with Crippen LogP contribution < -0.4 is 32.3 Å². The average molecular weight is 496 g/mol. The molecule has 0 aromatic rings. The van der Waals surface area contributed by atoms with Crippen LogP contribution in [-0.4, -0.2) is 54.4 Å². The Hall–Kier alpha value is -1.86. The number of hydrazine groups is 1. The summed E-state index contributed by atoms with van der Waals surface area (Å²) < 4.78 is 0. The van der Waals surface area contributed by atoms with Crippen molar-refractivity contribution in [2.24, 2.45) is 17.8 Å². The number of nitrogens with one attached hydrogen (secondary N) is 6. The van der Waals surface area contributed by atoms with E-state index in [-0.39, 0.29) is 47.1 Å². The van der Waals surface area contributed by atoms with E-state index in [4.69, 9.17) is 4.84 Å². The van der Waals surface area contributed by atoms with Crippen molar-refractivity contribution in [3.63, 3.8) is 0 Å². The lowest BCUT2D eigenvalue weighted by Crippen LogP contribution is -2.64. The number of amides is 2. The van der Waals surface area contributed by atoms with E-state index < -0.39 is 6.04 Å². The maximum absolute atomic E-state index is 12.2. The van der Waals surface area contributed by atoms with E-state index in [1.807, 2.05) is 0 Å². The Labute approximate surface area is 206 Å². The van der Waals surface area contributed by atoms with E-state index in [1.54, 1.807) is 0 Å². The molecular weight excluding hydrogens is 454 g/mol. The van der Waals surface area contributed by atoms with Gasteiger partial charge in [0.05, 0.1) is 12.3 Å². The number of unbranched alkanes of at least 4 members (excludes halogenated alkanes) is 1. The molecule has 2 heterocycles. The third-order valence-corrected chi connectivity index (χ3v) is 8.02. The van der Waals surface area contributed by atoms with Gasteiger partial charge in [-0.05, 0) is 57.4 Å². The SMILES string of the molecule is O=C(CCC1NC(C2CCCC([N+](=O)[O-])C2)NO1)NCCCCNC1NNC(=O)C2CCCCC12. The number of hydroxylamine groups is 1. The minimum absolute atomic E-state index is 0.000372. The lowest BCUT2D eigenvalue weighted by molar-refractivity contribution is -0.528. The first-order valence-corrected chi connectivity index (χ1v) is 13.4. The van der Waals surface area contributed by atoms with Crippen LogP contribution in [0.3, 0.4) is 0 Å². The number of hydrogen-bond acceptors (Lipinski definition) is 9. The zero-order valence-corrected chi connectivity index (χ0v) is 20.4. The number of carbonyl (C=O) groups excluding carboxylic acids is 2. The molecule has 2 saturated carbocycles. The van der Waals surface area contributed by atoms with Crippen LogP contribution in [0.5, 0.6) is 0 Å². The second-order valence-electron chi connectivity index (χ2n) is 10.5. The van der Waals surface area contributed by atoms with E-state index in [2.05, 4.69) is 32.3 Å². The van der Waals surface area contributed by atoms with E-state index >= 15 is 0 Å². The number of rotatable bonds is 11. The molecule has 2 aliphatic heterocycles. The van der Waals surface area contributed by atoms with Gasteiger partial charge in [0.15, 0.2) is 0 Å². The van der Waals surface area contributed by atoms with Crippen LogP contribution in [0, 0.1) is 27.9 Å². The first-order valence-electron chi connectivity index (χ1n) is 13.4. The molecular formula is C23H41N7O5. The second-order valence-corrected chi connectivity index (χ2v) is 10.5. The molecule has 12 heteroatoms. The Morgan fingerprint density at radius 1 is 1.11 bits per heavy atom. The van der Waals surface area contributed by atoms with Gasteiger partial charge in [-0.25, -0.2) is 5.43 Å². The van der Waals surface area contributed by atoms with Gasteiger partial charge in [0.2, 0.25) is 17.9 Å². The minimum Gasteiger partial charge on any atom is -0.356 e. The van der Waals surface area contributed by atoms with Crippen molar-refractivity contribution in [2.75, 3.05) is 13.1 Å². The fourth-order valence-electron chi connectivity index (χ4n) is 6.01. The maximum Gasteiger partial charge on any atom is 0.237 e. The highest BCUT2D eigenvalue weighted by molar-refractivity contribution is 5.79. The summed E-state index contributed by atoms with van der Waals surface area (Å²) in [7, 11) is 0. The highest BCUT2D eigenvalue weighted by Gasteiger charge is 2.40. The Bertz CT molecular complexity index is 741. The number of nitrogens with zero attached hydrogens (tertiary/aromatic N) is 1. The van der Waals surface area contributed by atoms with E-state index in [1.165, 1.54) is 6.42 Å². The molecule has 4 rings (SSSR count). The maximum atomic E-state index is 12.2. The molecule has 2 amide bonds. The average Bonchev–Trinajstić information content (AvgIpc) is 3.35. The lowest BCUT2D eigenvalue weighted by Gasteiger charge is -2.41. The van der Waals surface area contributed by atoms with Gasteiger partial charge < -0.3 is 10.6 Å². The molecule has 35 heavy (non-hydrogen) atoms. The molecule has 0 spiro atoms. The van der Waals surface area contributed by atoms with Crippen molar-refractivity contribution in [1.29, 1.82) is 0 Å². The summed E-state index contributed by atoms with van der Waals surface area (Å²) in [4.78, 5) is 40.8. The van der Waals surface area contributed by atoms with Crippen molar-refractivity contribution < 1.29 is 19.3 Å². The standard InChI is InChI=1S/C23H41N7O5/c31-19(10-11-20-26-21(29-35-20)15-6-5-7-16(14-15)30(33)34)24-12-3-4-13-25-22-17-8-1-2-9-18(17)23(32)28-27-22/h15-18,20-22,25-27,29H,1-14H2,(H,24,31)(H,28,32). The first kappa shape index (κ1) is 26.2. The van der Waals surface area contributed by atoms with Crippen molar-refractivity contribution in [2.45, 2.75) is 102 Å². The molecule has 2 aliphatic carbocycles. The molecule has 12 nitrogen and oxygen atoms in total. The predicted molar refractivity (Wildman–Crippen MR) is 128 cm³/mol. The summed E-state index contributed by atoms with van der Waals surface area (Å²) in [6.45, 7) is 1.46. The van der Waals surface area contributed by atoms with Crippen molar-refractivity contribution in [1.82, 2.24) is 32.3 Å². The first-order chi connectivity index (χ1) is 17.0. The van der Waals surface area contributed by atoms with Crippen LogP contribution in [0.2, 0.25) is 0 Å². The van der Waals surface area contributed by atoms with Gasteiger partial charge in [-0.15, -0.1) is 0 Å². The number of nitro groups is 1. The molecule has 7 atom stereocenters. The van der Waals surface area contributed by atoms with Crippen LogP contribution in [0.4, 0.5) is 0 Å². The zero-order chi connectivity index (χ0) is 24.6. The molecule has 198 valence electrons. The summed E-state index contributed by atoms with van der Waals surface area (Å²) >= 11 is 0. The Morgan fingerprint density at radius 3 is 2.80 bits per heavy atom. The highest BCUT2D eigenvalue weighted by atomic mass is 16.7. The van der Waals surface area contributed by atoms with Crippen molar-refractivity contribution in [3.05, 3.63) is 10.1 Å². The van der Waals surface area contributed by atoms with Gasteiger partial charge in [-0.2, -0.15) is 5.48 Å². The van der Waals surface area contributed by atoms with E-state index in [9.17, 15) is 19.7 Å².